The van der Waals surface area contributed by atoms with Gasteiger partial charge >= 0.3 is 0 Å². The zero-order chi connectivity index (χ0) is 13.5. The van der Waals surface area contributed by atoms with Crippen LogP contribution in [0.5, 0.6) is 0 Å². The Balaban J connectivity index is 2.45. The van der Waals surface area contributed by atoms with E-state index in [1.165, 1.54) is 23.1 Å². The molecule has 1 atom stereocenters. The van der Waals surface area contributed by atoms with Gasteiger partial charge in [-0.1, -0.05) is 36.9 Å². The van der Waals surface area contributed by atoms with Gasteiger partial charge in [0.15, 0.2) is 4.34 Å². The molecule has 0 aliphatic heterocycles. The maximum Gasteiger partial charge on any atom is 0.233 e. The van der Waals surface area contributed by atoms with E-state index in [4.69, 9.17) is 0 Å². The molecule has 18 heavy (non-hydrogen) atoms. The number of amides is 1. The molecule has 0 radical (unpaired) electrons. The highest BCUT2D eigenvalue weighted by atomic mass is 32.2. The zero-order valence-corrected chi connectivity index (χ0v) is 12.8. The topological polar surface area (TPSA) is 66.9 Å². The highest BCUT2D eigenvalue weighted by molar-refractivity contribution is 8.02. The summed E-state index contributed by atoms with van der Waals surface area (Å²) in [5.41, 5.74) is 0. The molecule has 0 saturated carbocycles. The third kappa shape index (κ3) is 5.22. The lowest BCUT2D eigenvalue weighted by Gasteiger charge is -2.07. The molecule has 5 nitrogen and oxygen atoms in total. The van der Waals surface area contributed by atoms with Crippen LogP contribution >= 0.6 is 23.1 Å². The van der Waals surface area contributed by atoms with Crippen LogP contribution in [0, 0.1) is 5.92 Å². The number of carbonyl (C=O) groups excluding carboxylic acids is 1. The van der Waals surface area contributed by atoms with Crippen molar-refractivity contribution in [1.29, 1.82) is 0 Å². The summed E-state index contributed by atoms with van der Waals surface area (Å²) >= 11 is 2.93. The zero-order valence-electron chi connectivity index (χ0n) is 11.2. The van der Waals surface area contributed by atoms with Gasteiger partial charge in [-0.25, -0.2) is 0 Å². The molecule has 0 fully saturated rings. The van der Waals surface area contributed by atoms with Crippen LogP contribution in [0.25, 0.3) is 0 Å². The van der Waals surface area contributed by atoms with E-state index in [1.54, 1.807) is 0 Å². The van der Waals surface area contributed by atoms with E-state index in [-0.39, 0.29) is 11.2 Å². The van der Waals surface area contributed by atoms with Crippen LogP contribution in [0.1, 0.15) is 27.7 Å². The van der Waals surface area contributed by atoms with Crippen molar-refractivity contribution in [3.63, 3.8) is 0 Å². The molecule has 2 N–H and O–H groups in total. The van der Waals surface area contributed by atoms with Gasteiger partial charge in [-0.3, -0.25) is 4.79 Å². The monoisotopic (exact) mass is 288 g/mol. The predicted octanol–water partition coefficient (Wildman–Crippen LogP) is 2.22. The second-order valence-corrected chi connectivity index (χ2v) is 6.87. The number of thioether (sulfide) groups is 1. The standard InChI is InChI=1S/C11H20N4OS2/c1-5-12-9(16)8(4)17-11-15-14-10(18-11)13-6-7(2)3/h7-8H,5-6H2,1-4H3,(H,12,16)(H,13,14)/t8-/m1/s1. The van der Waals surface area contributed by atoms with Crippen LogP contribution in [0.2, 0.25) is 0 Å². The van der Waals surface area contributed by atoms with Crippen LogP contribution < -0.4 is 10.6 Å². The summed E-state index contributed by atoms with van der Waals surface area (Å²) in [6.07, 6.45) is 0. The van der Waals surface area contributed by atoms with Gasteiger partial charge in [-0.15, -0.1) is 10.2 Å². The second kappa shape index (κ2) is 7.58. The third-order valence-corrected chi connectivity index (χ3v) is 4.13. The van der Waals surface area contributed by atoms with Crippen molar-refractivity contribution in [1.82, 2.24) is 15.5 Å². The van der Waals surface area contributed by atoms with Crippen LogP contribution in [0.4, 0.5) is 5.13 Å². The van der Waals surface area contributed by atoms with E-state index in [2.05, 4.69) is 34.7 Å². The fourth-order valence-corrected chi connectivity index (χ4v) is 3.07. The largest absolute Gasteiger partial charge is 0.360 e. The minimum Gasteiger partial charge on any atom is -0.360 e. The average molecular weight is 288 g/mol. The summed E-state index contributed by atoms with van der Waals surface area (Å²) < 4.78 is 0.819. The van der Waals surface area contributed by atoms with Crippen molar-refractivity contribution in [3.8, 4) is 0 Å². The van der Waals surface area contributed by atoms with Gasteiger partial charge in [-0.05, 0) is 19.8 Å². The van der Waals surface area contributed by atoms with Gasteiger partial charge in [0.2, 0.25) is 11.0 Å². The summed E-state index contributed by atoms with van der Waals surface area (Å²) in [5.74, 6) is 0.605. The Kier molecular flexibility index (Phi) is 6.42. The van der Waals surface area contributed by atoms with Crippen molar-refractivity contribution in [2.24, 2.45) is 5.92 Å². The normalized spacial score (nSPS) is 12.5. The van der Waals surface area contributed by atoms with E-state index >= 15 is 0 Å². The number of rotatable bonds is 7. The molecular formula is C11H20N4OS2. The van der Waals surface area contributed by atoms with E-state index in [1.807, 2.05) is 13.8 Å². The molecule has 1 heterocycles. The quantitative estimate of drug-likeness (QED) is 0.753. The van der Waals surface area contributed by atoms with Crippen molar-refractivity contribution in [2.75, 3.05) is 18.4 Å². The number of nitrogens with zero attached hydrogens (tertiary/aromatic N) is 2. The second-order valence-electron chi connectivity index (χ2n) is 4.30. The molecule has 0 bridgehead atoms. The van der Waals surface area contributed by atoms with Gasteiger partial charge in [0, 0.05) is 13.1 Å². The first kappa shape index (κ1) is 15.2. The highest BCUT2D eigenvalue weighted by Gasteiger charge is 2.16. The SMILES string of the molecule is CCNC(=O)[C@@H](C)Sc1nnc(NCC(C)C)s1. The maximum absolute atomic E-state index is 11.6. The average Bonchev–Trinajstić information content (AvgIpc) is 2.74. The van der Waals surface area contributed by atoms with Crippen LogP contribution in [-0.4, -0.2) is 34.4 Å². The third-order valence-electron chi connectivity index (χ3n) is 2.07. The number of carbonyl (C=O) groups is 1. The number of aromatic nitrogens is 2. The van der Waals surface area contributed by atoms with Crippen LogP contribution in [0.15, 0.2) is 4.34 Å². The van der Waals surface area contributed by atoms with Gasteiger partial charge < -0.3 is 10.6 Å². The highest BCUT2D eigenvalue weighted by Crippen LogP contribution is 2.28. The van der Waals surface area contributed by atoms with Gasteiger partial charge in [-0.2, -0.15) is 0 Å². The fraction of sp³-hybridized carbons (Fsp3) is 0.727. The summed E-state index contributed by atoms with van der Waals surface area (Å²) in [7, 11) is 0. The Labute approximate surface area is 116 Å². The number of anilines is 1. The minimum atomic E-state index is -0.143. The van der Waals surface area contributed by atoms with Crippen molar-refractivity contribution in [2.45, 2.75) is 37.3 Å². The summed E-state index contributed by atoms with van der Waals surface area (Å²) in [6, 6.07) is 0. The molecule has 1 aromatic rings. The summed E-state index contributed by atoms with van der Waals surface area (Å²) in [5, 5.41) is 14.8. The van der Waals surface area contributed by atoms with Crippen molar-refractivity contribution in [3.05, 3.63) is 0 Å². The predicted molar refractivity (Wildman–Crippen MR) is 77.2 cm³/mol. The first-order valence-electron chi connectivity index (χ1n) is 6.04. The Hall–Kier alpha value is -0.820. The lowest BCUT2D eigenvalue weighted by atomic mass is 10.2. The fourth-order valence-electron chi connectivity index (χ4n) is 1.14. The molecule has 7 heteroatoms. The number of hydrogen-bond acceptors (Lipinski definition) is 6. The van der Waals surface area contributed by atoms with E-state index in [0.717, 1.165) is 16.0 Å². The molecule has 0 unspecified atom stereocenters. The first-order chi connectivity index (χ1) is 8.52. The molecule has 0 aromatic carbocycles. The van der Waals surface area contributed by atoms with E-state index < -0.39 is 0 Å². The molecule has 0 saturated heterocycles. The number of hydrogen-bond donors (Lipinski definition) is 2. The molecule has 0 spiro atoms. The maximum atomic E-state index is 11.6. The van der Waals surface area contributed by atoms with Crippen LogP contribution in [-0.2, 0) is 4.79 Å². The van der Waals surface area contributed by atoms with Gasteiger partial charge in [0.1, 0.15) is 0 Å². The van der Waals surface area contributed by atoms with E-state index in [9.17, 15) is 4.79 Å². The van der Waals surface area contributed by atoms with Crippen LogP contribution in [0.3, 0.4) is 0 Å². The Bertz CT molecular complexity index is 381. The van der Waals surface area contributed by atoms with Crippen molar-refractivity contribution >= 4 is 34.1 Å². The van der Waals surface area contributed by atoms with Gasteiger partial charge in [0.05, 0.1) is 5.25 Å². The lowest BCUT2D eigenvalue weighted by molar-refractivity contribution is -0.120. The Morgan fingerprint density at radius 1 is 1.39 bits per heavy atom. The van der Waals surface area contributed by atoms with Crippen molar-refractivity contribution < 1.29 is 4.79 Å². The molecule has 0 aliphatic rings. The smallest absolute Gasteiger partial charge is 0.233 e. The van der Waals surface area contributed by atoms with E-state index in [0.29, 0.717) is 12.5 Å². The minimum absolute atomic E-state index is 0.0365. The molecule has 0 aliphatic carbocycles. The Morgan fingerprint density at radius 2 is 2.11 bits per heavy atom. The van der Waals surface area contributed by atoms with Gasteiger partial charge in [0.25, 0.3) is 0 Å². The molecule has 102 valence electrons. The summed E-state index contributed by atoms with van der Waals surface area (Å²) in [6.45, 7) is 9.60. The molecule has 1 amide bonds. The Morgan fingerprint density at radius 3 is 2.72 bits per heavy atom. The molecular weight excluding hydrogens is 268 g/mol. The molecule has 1 rings (SSSR count). The summed E-state index contributed by atoms with van der Waals surface area (Å²) in [4.78, 5) is 11.6. The molecule has 1 aromatic heterocycles. The number of nitrogens with one attached hydrogen (secondary N) is 2. The lowest BCUT2D eigenvalue weighted by Crippen LogP contribution is -2.30. The first-order valence-corrected chi connectivity index (χ1v) is 7.74.